The highest BCUT2D eigenvalue weighted by molar-refractivity contribution is 5.28. The fourth-order valence-electron chi connectivity index (χ4n) is 2.30. The zero-order valence-electron chi connectivity index (χ0n) is 11.7. The largest absolute Gasteiger partial charge is 0.364 e. The van der Waals surface area contributed by atoms with Gasteiger partial charge in [0.1, 0.15) is 6.10 Å². The SMILES string of the molecule is c1ccc(COC(c2ccccc2)c2cccnc2)cc1. The fourth-order valence-corrected chi connectivity index (χ4v) is 2.30. The summed E-state index contributed by atoms with van der Waals surface area (Å²) < 4.78 is 6.16. The van der Waals surface area contributed by atoms with Gasteiger partial charge in [0.05, 0.1) is 6.61 Å². The van der Waals surface area contributed by atoms with Crippen LogP contribution >= 0.6 is 0 Å². The molecule has 2 nitrogen and oxygen atoms in total. The van der Waals surface area contributed by atoms with Gasteiger partial charge in [-0.1, -0.05) is 66.7 Å². The quantitative estimate of drug-likeness (QED) is 0.689. The zero-order valence-corrected chi connectivity index (χ0v) is 11.7. The van der Waals surface area contributed by atoms with Crippen molar-refractivity contribution in [1.82, 2.24) is 4.98 Å². The maximum atomic E-state index is 6.16. The summed E-state index contributed by atoms with van der Waals surface area (Å²) in [5.74, 6) is 0. The predicted octanol–water partition coefficient (Wildman–Crippen LogP) is 4.39. The Bertz CT molecular complexity index is 613. The number of hydrogen-bond donors (Lipinski definition) is 0. The maximum absolute atomic E-state index is 6.16. The summed E-state index contributed by atoms with van der Waals surface area (Å²) in [6.07, 6.45) is 3.55. The van der Waals surface area contributed by atoms with Crippen LogP contribution in [-0.2, 0) is 11.3 Å². The summed E-state index contributed by atoms with van der Waals surface area (Å²) in [4.78, 5) is 4.21. The van der Waals surface area contributed by atoms with Gasteiger partial charge in [-0.3, -0.25) is 4.98 Å². The lowest BCUT2D eigenvalue weighted by molar-refractivity contribution is 0.0665. The van der Waals surface area contributed by atoms with Crippen LogP contribution in [0.15, 0.2) is 85.2 Å². The van der Waals surface area contributed by atoms with Crippen molar-refractivity contribution in [2.45, 2.75) is 12.7 Å². The molecular formula is C19H17NO. The van der Waals surface area contributed by atoms with Gasteiger partial charge in [0.15, 0.2) is 0 Å². The molecule has 3 rings (SSSR count). The van der Waals surface area contributed by atoms with Crippen LogP contribution in [0.25, 0.3) is 0 Å². The minimum absolute atomic E-state index is 0.0971. The minimum atomic E-state index is -0.0971. The normalized spacial score (nSPS) is 12.0. The summed E-state index contributed by atoms with van der Waals surface area (Å²) in [5.41, 5.74) is 3.38. The van der Waals surface area contributed by atoms with E-state index in [9.17, 15) is 0 Å². The zero-order chi connectivity index (χ0) is 14.3. The van der Waals surface area contributed by atoms with Gasteiger partial charge < -0.3 is 4.74 Å². The van der Waals surface area contributed by atoms with E-state index in [4.69, 9.17) is 4.74 Å². The van der Waals surface area contributed by atoms with Crippen LogP contribution in [0.1, 0.15) is 22.8 Å². The Kier molecular flexibility index (Phi) is 4.39. The third-order valence-corrected chi connectivity index (χ3v) is 3.35. The van der Waals surface area contributed by atoms with Crippen LogP contribution in [0.4, 0.5) is 0 Å². The number of ether oxygens (including phenoxy) is 1. The molecule has 0 saturated heterocycles. The van der Waals surface area contributed by atoms with Crippen molar-refractivity contribution in [1.29, 1.82) is 0 Å². The highest BCUT2D eigenvalue weighted by Crippen LogP contribution is 2.26. The predicted molar refractivity (Wildman–Crippen MR) is 83.8 cm³/mol. The molecule has 0 aliphatic carbocycles. The van der Waals surface area contributed by atoms with Gasteiger partial charge in [-0.2, -0.15) is 0 Å². The van der Waals surface area contributed by atoms with Crippen molar-refractivity contribution in [3.05, 3.63) is 102 Å². The molecule has 0 spiro atoms. The lowest BCUT2D eigenvalue weighted by Crippen LogP contribution is -2.06. The molecule has 0 fully saturated rings. The topological polar surface area (TPSA) is 22.1 Å². The maximum Gasteiger partial charge on any atom is 0.109 e. The smallest absolute Gasteiger partial charge is 0.109 e. The van der Waals surface area contributed by atoms with Crippen molar-refractivity contribution < 1.29 is 4.74 Å². The van der Waals surface area contributed by atoms with Crippen molar-refractivity contribution in [3.63, 3.8) is 0 Å². The molecule has 1 heterocycles. The van der Waals surface area contributed by atoms with E-state index in [-0.39, 0.29) is 6.10 Å². The van der Waals surface area contributed by atoms with Crippen LogP contribution in [0.3, 0.4) is 0 Å². The van der Waals surface area contributed by atoms with Crippen LogP contribution in [0.5, 0.6) is 0 Å². The van der Waals surface area contributed by atoms with Gasteiger partial charge in [0, 0.05) is 18.0 Å². The third-order valence-electron chi connectivity index (χ3n) is 3.35. The molecule has 1 aromatic heterocycles. The highest BCUT2D eigenvalue weighted by Gasteiger charge is 2.14. The van der Waals surface area contributed by atoms with Gasteiger partial charge in [-0.15, -0.1) is 0 Å². The molecule has 3 aromatic rings. The minimum Gasteiger partial charge on any atom is -0.364 e. The Balaban J connectivity index is 1.83. The van der Waals surface area contributed by atoms with Gasteiger partial charge in [0.2, 0.25) is 0 Å². The van der Waals surface area contributed by atoms with Crippen molar-refractivity contribution in [2.24, 2.45) is 0 Å². The molecule has 0 saturated carbocycles. The standard InChI is InChI=1S/C19H17NO/c1-3-8-16(9-4-1)15-21-19(17-10-5-2-6-11-17)18-12-7-13-20-14-18/h1-14,19H,15H2. The van der Waals surface area contributed by atoms with E-state index < -0.39 is 0 Å². The average Bonchev–Trinajstić information content (AvgIpc) is 2.58. The van der Waals surface area contributed by atoms with Crippen molar-refractivity contribution in [3.8, 4) is 0 Å². The monoisotopic (exact) mass is 275 g/mol. The molecule has 1 unspecified atom stereocenters. The van der Waals surface area contributed by atoms with Crippen molar-refractivity contribution in [2.75, 3.05) is 0 Å². The first-order chi connectivity index (χ1) is 10.4. The van der Waals surface area contributed by atoms with Gasteiger partial charge in [0.25, 0.3) is 0 Å². The van der Waals surface area contributed by atoms with Gasteiger partial charge in [-0.25, -0.2) is 0 Å². The fraction of sp³-hybridized carbons (Fsp3) is 0.105. The molecule has 0 radical (unpaired) electrons. The molecule has 21 heavy (non-hydrogen) atoms. The Hall–Kier alpha value is -2.45. The molecule has 0 aliphatic rings. The molecule has 0 bridgehead atoms. The Morgan fingerprint density at radius 2 is 1.43 bits per heavy atom. The molecule has 0 N–H and O–H groups in total. The van der Waals surface area contributed by atoms with E-state index in [1.807, 2.05) is 48.7 Å². The number of hydrogen-bond acceptors (Lipinski definition) is 2. The van der Waals surface area contributed by atoms with Crippen molar-refractivity contribution >= 4 is 0 Å². The average molecular weight is 275 g/mol. The van der Waals surface area contributed by atoms with E-state index in [0.717, 1.165) is 11.1 Å². The summed E-state index contributed by atoms with van der Waals surface area (Å²) in [6.45, 7) is 0.579. The summed E-state index contributed by atoms with van der Waals surface area (Å²) in [7, 11) is 0. The second kappa shape index (κ2) is 6.82. The number of nitrogens with zero attached hydrogens (tertiary/aromatic N) is 1. The number of benzene rings is 2. The molecular weight excluding hydrogens is 258 g/mol. The van der Waals surface area contributed by atoms with E-state index in [2.05, 4.69) is 35.3 Å². The molecule has 2 aromatic carbocycles. The van der Waals surface area contributed by atoms with E-state index in [1.165, 1.54) is 5.56 Å². The second-order valence-corrected chi connectivity index (χ2v) is 4.87. The van der Waals surface area contributed by atoms with E-state index >= 15 is 0 Å². The number of aromatic nitrogens is 1. The van der Waals surface area contributed by atoms with Gasteiger partial charge >= 0.3 is 0 Å². The van der Waals surface area contributed by atoms with Crippen LogP contribution < -0.4 is 0 Å². The molecule has 1 atom stereocenters. The third kappa shape index (κ3) is 3.56. The van der Waals surface area contributed by atoms with E-state index in [0.29, 0.717) is 6.61 Å². The molecule has 2 heteroatoms. The van der Waals surface area contributed by atoms with Gasteiger partial charge in [-0.05, 0) is 17.2 Å². The first kappa shape index (κ1) is 13.5. The first-order valence-corrected chi connectivity index (χ1v) is 7.04. The highest BCUT2D eigenvalue weighted by atomic mass is 16.5. The Morgan fingerprint density at radius 1 is 0.762 bits per heavy atom. The molecule has 0 aliphatic heterocycles. The lowest BCUT2D eigenvalue weighted by atomic mass is 10.0. The van der Waals surface area contributed by atoms with Crippen LogP contribution in [0, 0.1) is 0 Å². The first-order valence-electron chi connectivity index (χ1n) is 7.04. The molecule has 0 amide bonds. The Labute approximate surface area is 125 Å². The summed E-state index contributed by atoms with van der Waals surface area (Å²) in [5, 5.41) is 0. The summed E-state index contributed by atoms with van der Waals surface area (Å²) >= 11 is 0. The Morgan fingerprint density at radius 3 is 2.10 bits per heavy atom. The summed E-state index contributed by atoms with van der Waals surface area (Å²) in [6, 6.07) is 24.5. The number of rotatable bonds is 5. The van der Waals surface area contributed by atoms with E-state index in [1.54, 1.807) is 6.20 Å². The molecule has 104 valence electrons. The number of pyridine rings is 1. The lowest BCUT2D eigenvalue weighted by Gasteiger charge is -2.18. The van der Waals surface area contributed by atoms with Crippen LogP contribution in [0.2, 0.25) is 0 Å². The van der Waals surface area contributed by atoms with Crippen LogP contribution in [-0.4, -0.2) is 4.98 Å². The second-order valence-electron chi connectivity index (χ2n) is 4.87.